The summed E-state index contributed by atoms with van der Waals surface area (Å²) in [5.41, 5.74) is 1.89. The third kappa shape index (κ3) is 4.00. The molecule has 0 spiro atoms. The average molecular weight is 289 g/mol. The molecule has 1 aromatic rings. The van der Waals surface area contributed by atoms with Gasteiger partial charge in [-0.05, 0) is 25.1 Å². The molecule has 1 unspecified atom stereocenters. The average Bonchev–Trinajstić information content (AvgIpc) is 2.29. The highest BCUT2D eigenvalue weighted by Crippen LogP contribution is 2.25. The number of benzene rings is 1. The minimum Gasteiger partial charge on any atom is -0.394 e. The van der Waals surface area contributed by atoms with Crippen LogP contribution in [0.4, 0.5) is 11.4 Å². The molecule has 4 nitrogen and oxygen atoms in total. The van der Waals surface area contributed by atoms with Gasteiger partial charge in [0, 0.05) is 17.6 Å². The summed E-state index contributed by atoms with van der Waals surface area (Å²) in [7, 11) is 0. The molecule has 1 rings (SSSR count). The van der Waals surface area contributed by atoms with Crippen molar-refractivity contribution in [2.45, 2.75) is 13.0 Å². The molecule has 0 saturated heterocycles. The van der Waals surface area contributed by atoms with Crippen molar-refractivity contribution >= 4 is 27.3 Å². The Bertz CT molecular complexity index is 334. The van der Waals surface area contributed by atoms with Crippen molar-refractivity contribution < 1.29 is 10.2 Å². The number of aliphatic hydroxyl groups is 2. The first kappa shape index (κ1) is 13.3. The van der Waals surface area contributed by atoms with Gasteiger partial charge in [-0.3, -0.25) is 0 Å². The quantitative estimate of drug-likeness (QED) is 0.643. The second kappa shape index (κ2) is 6.73. The third-order valence-corrected chi connectivity index (χ3v) is 2.58. The Morgan fingerprint density at radius 3 is 2.69 bits per heavy atom. The van der Waals surface area contributed by atoms with Crippen LogP contribution in [0.25, 0.3) is 0 Å². The number of hydrogen-bond acceptors (Lipinski definition) is 4. The van der Waals surface area contributed by atoms with E-state index in [4.69, 9.17) is 5.11 Å². The summed E-state index contributed by atoms with van der Waals surface area (Å²) in [5.74, 6) is 0. The van der Waals surface area contributed by atoms with E-state index >= 15 is 0 Å². The van der Waals surface area contributed by atoms with Crippen LogP contribution in [0.5, 0.6) is 0 Å². The van der Waals surface area contributed by atoms with E-state index in [0.29, 0.717) is 6.54 Å². The molecule has 0 fully saturated rings. The molecule has 90 valence electrons. The third-order valence-electron chi connectivity index (χ3n) is 2.09. The normalized spacial score (nSPS) is 12.2. The molecule has 0 bridgehead atoms. The van der Waals surface area contributed by atoms with Crippen LogP contribution in [0.15, 0.2) is 22.7 Å². The highest BCUT2D eigenvalue weighted by atomic mass is 79.9. The summed E-state index contributed by atoms with van der Waals surface area (Å²) < 4.78 is 0.968. The fourth-order valence-electron chi connectivity index (χ4n) is 1.30. The highest BCUT2D eigenvalue weighted by Gasteiger charge is 2.05. The topological polar surface area (TPSA) is 64.5 Å². The van der Waals surface area contributed by atoms with E-state index in [1.807, 2.05) is 25.1 Å². The fraction of sp³-hybridized carbons (Fsp3) is 0.455. The van der Waals surface area contributed by atoms with Crippen LogP contribution in [-0.2, 0) is 0 Å². The van der Waals surface area contributed by atoms with Gasteiger partial charge in [0.25, 0.3) is 0 Å². The summed E-state index contributed by atoms with van der Waals surface area (Å²) in [6.07, 6.45) is -0.742. The van der Waals surface area contributed by atoms with E-state index in [-0.39, 0.29) is 6.61 Å². The van der Waals surface area contributed by atoms with Crippen molar-refractivity contribution in [1.29, 1.82) is 0 Å². The molecule has 4 N–H and O–H groups in total. The summed E-state index contributed by atoms with van der Waals surface area (Å²) in [5, 5.41) is 24.3. The Morgan fingerprint density at radius 1 is 1.31 bits per heavy atom. The largest absolute Gasteiger partial charge is 0.394 e. The zero-order valence-corrected chi connectivity index (χ0v) is 10.8. The van der Waals surface area contributed by atoms with E-state index in [2.05, 4.69) is 26.6 Å². The van der Waals surface area contributed by atoms with Gasteiger partial charge in [-0.25, -0.2) is 0 Å². The molecule has 5 heteroatoms. The second-order valence-corrected chi connectivity index (χ2v) is 4.35. The maximum Gasteiger partial charge on any atom is 0.0942 e. The SMILES string of the molecule is CCNc1ccc(Br)cc1NCC(O)CO. The van der Waals surface area contributed by atoms with Crippen molar-refractivity contribution in [3.05, 3.63) is 22.7 Å². The molecule has 0 aliphatic rings. The van der Waals surface area contributed by atoms with E-state index in [1.54, 1.807) is 0 Å². The second-order valence-electron chi connectivity index (χ2n) is 3.44. The highest BCUT2D eigenvalue weighted by molar-refractivity contribution is 9.10. The number of halogens is 1. The number of nitrogens with one attached hydrogen (secondary N) is 2. The smallest absolute Gasteiger partial charge is 0.0942 e. The van der Waals surface area contributed by atoms with Crippen LogP contribution in [0, 0.1) is 0 Å². The maximum absolute atomic E-state index is 9.26. The molecule has 0 radical (unpaired) electrons. The van der Waals surface area contributed by atoms with Crippen LogP contribution in [0.2, 0.25) is 0 Å². The fourth-order valence-corrected chi connectivity index (χ4v) is 1.66. The van der Waals surface area contributed by atoms with E-state index in [9.17, 15) is 5.11 Å². The van der Waals surface area contributed by atoms with Gasteiger partial charge >= 0.3 is 0 Å². The molecule has 16 heavy (non-hydrogen) atoms. The van der Waals surface area contributed by atoms with Crippen molar-refractivity contribution in [3.63, 3.8) is 0 Å². The molecular weight excluding hydrogens is 272 g/mol. The molecule has 0 aliphatic carbocycles. The van der Waals surface area contributed by atoms with Crippen LogP contribution in [0.1, 0.15) is 6.92 Å². The van der Waals surface area contributed by atoms with Crippen LogP contribution in [-0.4, -0.2) is 36.0 Å². The zero-order chi connectivity index (χ0) is 12.0. The first-order valence-electron chi connectivity index (χ1n) is 5.23. The number of anilines is 2. The lowest BCUT2D eigenvalue weighted by Gasteiger charge is -2.15. The van der Waals surface area contributed by atoms with E-state index in [1.165, 1.54) is 0 Å². The Balaban J connectivity index is 2.71. The molecular formula is C11H17BrN2O2. The predicted molar refractivity (Wildman–Crippen MR) is 69.9 cm³/mol. The summed E-state index contributed by atoms with van der Waals surface area (Å²) in [6.45, 7) is 2.94. The minimum atomic E-state index is -0.742. The molecule has 0 saturated carbocycles. The van der Waals surface area contributed by atoms with Gasteiger partial charge in [-0.1, -0.05) is 15.9 Å². The lowest BCUT2D eigenvalue weighted by Crippen LogP contribution is -2.23. The molecule has 1 atom stereocenters. The molecule has 0 heterocycles. The Labute approximate surface area is 104 Å². The number of hydrogen-bond donors (Lipinski definition) is 4. The summed E-state index contributed by atoms with van der Waals surface area (Å²) in [6, 6.07) is 5.84. The standard InChI is InChI=1S/C11H17BrN2O2/c1-2-13-10-4-3-8(12)5-11(10)14-6-9(16)7-15/h3-5,9,13-16H,2,6-7H2,1H3. The maximum atomic E-state index is 9.26. The van der Waals surface area contributed by atoms with Crippen molar-refractivity contribution in [1.82, 2.24) is 0 Å². The predicted octanol–water partition coefficient (Wildman–Crippen LogP) is 1.65. The van der Waals surface area contributed by atoms with Gasteiger partial charge in [-0.15, -0.1) is 0 Å². The van der Waals surface area contributed by atoms with E-state index < -0.39 is 6.10 Å². The van der Waals surface area contributed by atoms with Crippen molar-refractivity contribution in [2.24, 2.45) is 0 Å². The van der Waals surface area contributed by atoms with Gasteiger partial charge < -0.3 is 20.8 Å². The van der Waals surface area contributed by atoms with E-state index in [0.717, 1.165) is 22.4 Å². The van der Waals surface area contributed by atoms with Crippen molar-refractivity contribution in [2.75, 3.05) is 30.3 Å². The van der Waals surface area contributed by atoms with Crippen molar-refractivity contribution in [3.8, 4) is 0 Å². The monoisotopic (exact) mass is 288 g/mol. The van der Waals surface area contributed by atoms with Gasteiger partial charge in [0.15, 0.2) is 0 Å². The zero-order valence-electron chi connectivity index (χ0n) is 9.20. The first-order chi connectivity index (χ1) is 7.67. The number of rotatable bonds is 6. The van der Waals surface area contributed by atoms with Gasteiger partial charge in [0.05, 0.1) is 24.1 Å². The first-order valence-corrected chi connectivity index (χ1v) is 6.03. The van der Waals surface area contributed by atoms with Crippen LogP contribution < -0.4 is 10.6 Å². The number of aliphatic hydroxyl groups excluding tert-OH is 2. The molecule has 0 aliphatic heterocycles. The summed E-state index contributed by atoms with van der Waals surface area (Å²) in [4.78, 5) is 0. The molecule has 0 amide bonds. The van der Waals surface area contributed by atoms with Crippen LogP contribution in [0.3, 0.4) is 0 Å². The molecule has 1 aromatic carbocycles. The Kier molecular flexibility index (Phi) is 5.59. The Hall–Kier alpha value is -0.780. The van der Waals surface area contributed by atoms with Gasteiger partial charge in [0.2, 0.25) is 0 Å². The van der Waals surface area contributed by atoms with Gasteiger partial charge in [-0.2, -0.15) is 0 Å². The minimum absolute atomic E-state index is 0.239. The summed E-state index contributed by atoms with van der Waals surface area (Å²) >= 11 is 3.39. The van der Waals surface area contributed by atoms with Gasteiger partial charge in [0.1, 0.15) is 0 Å². The lowest BCUT2D eigenvalue weighted by molar-refractivity contribution is 0.105. The Morgan fingerprint density at radius 2 is 2.06 bits per heavy atom. The molecule has 0 aromatic heterocycles. The van der Waals surface area contributed by atoms with Crippen LogP contribution >= 0.6 is 15.9 Å². The lowest BCUT2D eigenvalue weighted by atomic mass is 10.2.